The summed E-state index contributed by atoms with van der Waals surface area (Å²) < 4.78 is 1.99. The van der Waals surface area contributed by atoms with E-state index >= 15 is 0 Å². The zero-order valence-corrected chi connectivity index (χ0v) is 12.1. The summed E-state index contributed by atoms with van der Waals surface area (Å²) in [7, 11) is 0. The van der Waals surface area contributed by atoms with Crippen molar-refractivity contribution in [2.45, 2.75) is 15.6 Å². The quantitative estimate of drug-likeness (QED) is 0.437. The molecule has 0 aromatic carbocycles. The maximum Gasteiger partial charge on any atom is 0.211 e. The monoisotopic (exact) mass is 292 g/mol. The first-order chi connectivity index (χ1) is 7.76. The molecule has 16 heavy (non-hydrogen) atoms. The van der Waals surface area contributed by atoms with E-state index in [1.165, 1.54) is 17.8 Å². The van der Waals surface area contributed by atoms with Crippen LogP contribution in [0.4, 0.5) is 0 Å². The molecule has 0 atom stereocenters. The zero-order valence-electron chi connectivity index (χ0n) is 8.84. The molecule has 7 heteroatoms. The van der Waals surface area contributed by atoms with Crippen LogP contribution >= 0.6 is 46.6 Å². The van der Waals surface area contributed by atoms with Crippen molar-refractivity contribution in [3.05, 3.63) is 12.7 Å². The van der Waals surface area contributed by atoms with Crippen LogP contribution in [0.5, 0.6) is 0 Å². The molecule has 1 heterocycles. The fraction of sp³-hybridized carbons (Fsp3) is 0.444. The summed E-state index contributed by atoms with van der Waals surface area (Å²) in [4.78, 5) is 10.9. The minimum Gasteiger partial charge on any atom is -0.282 e. The molecule has 0 amide bonds. The van der Waals surface area contributed by atoms with E-state index in [4.69, 9.17) is 0 Å². The molecule has 1 aromatic rings. The van der Waals surface area contributed by atoms with Gasteiger partial charge in [-0.3, -0.25) is 4.79 Å². The molecular formula is C9H12N2OS4. The molecular weight excluding hydrogens is 280 g/mol. The van der Waals surface area contributed by atoms with Gasteiger partial charge in [0.15, 0.2) is 8.68 Å². The predicted octanol–water partition coefficient (Wildman–Crippen LogP) is 3.19. The molecule has 1 aromatic heterocycles. The highest BCUT2D eigenvalue weighted by Crippen LogP contribution is 2.28. The van der Waals surface area contributed by atoms with Crippen LogP contribution in [0.2, 0.25) is 0 Å². The summed E-state index contributed by atoms with van der Waals surface area (Å²) in [6.07, 6.45) is 1.34. The Hall–Kier alpha value is 0.0200. The highest BCUT2D eigenvalue weighted by atomic mass is 32.2. The predicted molar refractivity (Wildman–Crippen MR) is 74.7 cm³/mol. The molecule has 0 spiro atoms. The topological polar surface area (TPSA) is 42.9 Å². The van der Waals surface area contributed by atoms with Crippen molar-refractivity contribution in [1.82, 2.24) is 10.2 Å². The van der Waals surface area contributed by atoms with Gasteiger partial charge in [0.05, 0.1) is 0 Å². The van der Waals surface area contributed by atoms with Crippen molar-refractivity contribution in [2.75, 3.05) is 17.3 Å². The number of rotatable bonds is 7. The van der Waals surface area contributed by atoms with Crippen molar-refractivity contribution in [3.63, 3.8) is 0 Å². The Morgan fingerprint density at radius 3 is 2.69 bits per heavy atom. The zero-order chi connectivity index (χ0) is 11.8. The van der Waals surface area contributed by atoms with Gasteiger partial charge in [-0.05, 0) is 11.8 Å². The van der Waals surface area contributed by atoms with Gasteiger partial charge in [0.25, 0.3) is 0 Å². The van der Waals surface area contributed by atoms with Crippen LogP contribution in [-0.2, 0) is 4.79 Å². The first-order valence-corrected chi connectivity index (χ1v) is 8.42. The van der Waals surface area contributed by atoms with Gasteiger partial charge in [0.1, 0.15) is 0 Å². The van der Waals surface area contributed by atoms with Crippen LogP contribution in [0.25, 0.3) is 0 Å². The number of thioether (sulfide) groups is 3. The van der Waals surface area contributed by atoms with E-state index < -0.39 is 0 Å². The molecule has 88 valence electrons. The molecule has 0 bridgehead atoms. The summed E-state index contributed by atoms with van der Waals surface area (Å²) >= 11 is 6.24. The Kier molecular flexibility index (Phi) is 7.18. The van der Waals surface area contributed by atoms with E-state index in [1.54, 1.807) is 34.9 Å². The molecule has 0 saturated carbocycles. The molecule has 0 aliphatic heterocycles. The Balaban J connectivity index is 2.21. The Morgan fingerprint density at radius 2 is 2.06 bits per heavy atom. The van der Waals surface area contributed by atoms with Crippen LogP contribution in [0.15, 0.2) is 21.3 Å². The largest absolute Gasteiger partial charge is 0.282 e. The normalized spacial score (nSPS) is 10.3. The molecule has 0 N–H and O–H groups in total. The van der Waals surface area contributed by atoms with E-state index in [-0.39, 0.29) is 5.12 Å². The summed E-state index contributed by atoms with van der Waals surface area (Å²) in [5, 5.41) is 8.15. The third-order valence-electron chi connectivity index (χ3n) is 1.38. The van der Waals surface area contributed by atoms with Crippen molar-refractivity contribution in [3.8, 4) is 0 Å². The van der Waals surface area contributed by atoms with Crippen molar-refractivity contribution in [2.24, 2.45) is 0 Å². The van der Waals surface area contributed by atoms with Gasteiger partial charge in [-0.25, -0.2) is 0 Å². The molecule has 3 nitrogen and oxygen atoms in total. The lowest BCUT2D eigenvalue weighted by atomic mass is 10.7. The van der Waals surface area contributed by atoms with E-state index in [9.17, 15) is 4.79 Å². The molecule has 0 unspecified atom stereocenters. The van der Waals surface area contributed by atoms with Crippen molar-refractivity contribution >= 4 is 51.7 Å². The average molecular weight is 292 g/mol. The van der Waals surface area contributed by atoms with Gasteiger partial charge < -0.3 is 0 Å². The number of carbonyl (C=O) groups excluding carboxylic acids is 1. The SMILES string of the molecule is C=CC(=O)SCCSc1nnc(SCC)s1. The molecule has 0 saturated heterocycles. The standard InChI is InChI=1S/C9H12N2OS4/c1-3-7(12)14-5-6-15-9-11-10-8(16-9)13-4-2/h3H,1,4-6H2,2H3. The molecule has 0 fully saturated rings. The van der Waals surface area contributed by atoms with E-state index in [0.717, 1.165) is 25.9 Å². The van der Waals surface area contributed by atoms with Gasteiger partial charge in [0, 0.05) is 11.5 Å². The number of hydrogen-bond acceptors (Lipinski definition) is 7. The lowest BCUT2D eigenvalue weighted by molar-refractivity contribution is -0.107. The third kappa shape index (κ3) is 5.38. The first kappa shape index (κ1) is 14.1. The van der Waals surface area contributed by atoms with E-state index in [1.807, 2.05) is 0 Å². The Morgan fingerprint density at radius 1 is 1.38 bits per heavy atom. The Bertz CT molecular complexity index is 353. The second-order valence-electron chi connectivity index (χ2n) is 2.49. The van der Waals surface area contributed by atoms with Gasteiger partial charge in [-0.15, -0.1) is 10.2 Å². The summed E-state index contributed by atoms with van der Waals surface area (Å²) in [6.45, 7) is 5.51. The van der Waals surface area contributed by atoms with Crippen LogP contribution in [0.3, 0.4) is 0 Å². The van der Waals surface area contributed by atoms with Crippen LogP contribution in [-0.4, -0.2) is 32.6 Å². The fourth-order valence-corrected chi connectivity index (χ4v) is 4.39. The second-order valence-corrected chi connectivity index (χ2v) is 7.42. The van der Waals surface area contributed by atoms with Crippen LogP contribution in [0, 0.1) is 0 Å². The molecule has 0 aliphatic rings. The second kappa shape index (κ2) is 8.16. The molecule has 0 aliphatic carbocycles. The highest BCUT2D eigenvalue weighted by molar-refractivity contribution is 8.14. The van der Waals surface area contributed by atoms with Crippen LogP contribution < -0.4 is 0 Å². The number of hydrogen-bond donors (Lipinski definition) is 0. The fourth-order valence-electron chi connectivity index (χ4n) is 0.767. The van der Waals surface area contributed by atoms with Crippen molar-refractivity contribution < 1.29 is 4.79 Å². The smallest absolute Gasteiger partial charge is 0.211 e. The van der Waals surface area contributed by atoms with Gasteiger partial charge in [-0.1, -0.05) is 60.1 Å². The molecule has 1 rings (SSSR count). The summed E-state index contributed by atoms with van der Waals surface area (Å²) in [6, 6.07) is 0. The number of nitrogens with zero attached hydrogens (tertiary/aromatic N) is 2. The third-order valence-corrected chi connectivity index (χ3v) is 5.57. The van der Waals surface area contributed by atoms with Gasteiger partial charge in [-0.2, -0.15) is 0 Å². The number of carbonyl (C=O) groups is 1. The summed E-state index contributed by atoms with van der Waals surface area (Å²) in [5.41, 5.74) is 0. The lowest BCUT2D eigenvalue weighted by Gasteiger charge is -1.94. The number of aromatic nitrogens is 2. The van der Waals surface area contributed by atoms with Gasteiger partial charge >= 0.3 is 0 Å². The molecule has 0 radical (unpaired) electrons. The highest BCUT2D eigenvalue weighted by Gasteiger charge is 2.04. The first-order valence-electron chi connectivity index (χ1n) is 4.64. The summed E-state index contributed by atoms with van der Waals surface area (Å²) in [5.74, 6) is 2.67. The van der Waals surface area contributed by atoms with Crippen LogP contribution in [0.1, 0.15) is 6.92 Å². The van der Waals surface area contributed by atoms with Gasteiger partial charge in [0.2, 0.25) is 5.12 Å². The minimum absolute atomic E-state index is 0.0279. The maximum atomic E-state index is 10.9. The van der Waals surface area contributed by atoms with E-state index in [2.05, 4.69) is 23.7 Å². The Labute approximate surface area is 112 Å². The lowest BCUT2D eigenvalue weighted by Crippen LogP contribution is -1.89. The van der Waals surface area contributed by atoms with Crippen molar-refractivity contribution in [1.29, 1.82) is 0 Å². The minimum atomic E-state index is 0.0279. The van der Waals surface area contributed by atoms with E-state index in [0.29, 0.717) is 0 Å². The average Bonchev–Trinajstić information content (AvgIpc) is 2.72. The maximum absolute atomic E-state index is 10.9.